The van der Waals surface area contributed by atoms with Crippen molar-refractivity contribution in [3.8, 4) is 11.5 Å². The normalized spacial score (nSPS) is 13.7. The predicted molar refractivity (Wildman–Crippen MR) is 82.8 cm³/mol. The van der Waals surface area contributed by atoms with E-state index in [-0.39, 0.29) is 5.91 Å². The van der Waals surface area contributed by atoms with Crippen LogP contribution in [0.2, 0.25) is 0 Å². The number of aromatic nitrogens is 1. The topological polar surface area (TPSA) is 81.2 Å². The molecule has 1 atom stereocenters. The van der Waals surface area contributed by atoms with Gasteiger partial charge in [0.1, 0.15) is 6.26 Å². The Morgan fingerprint density at radius 2 is 2.24 bits per heavy atom. The van der Waals surface area contributed by atoms with Gasteiger partial charge in [-0.25, -0.2) is 4.98 Å². The zero-order valence-electron chi connectivity index (χ0n) is 12.6. The highest BCUT2D eigenvalue weighted by Crippen LogP contribution is 2.22. The maximum absolute atomic E-state index is 12.2. The smallest absolute Gasteiger partial charge is 0.244 e. The molecular weight excluding hydrogens is 266 g/mol. The molecule has 3 N–H and O–H groups in total. The van der Waals surface area contributed by atoms with Crippen LogP contribution in [0.4, 0.5) is 5.69 Å². The fourth-order valence-electron chi connectivity index (χ4n) is 2.12. The van der Waals surface area contributed by atoms with E-state index in [4.69, 9.17) is 10.2 Å². The number of hydrogen-bond donors (Lipinski definition) is 2. The van der Waals surface area contributed by atoms with Crippen LogP contribution in [-0.4, -0.2) is 16.4 Å². The quantitative estimate of drug-likeness (QED) is 0.885. The molecule has 1 amide bonds. The molecule has 0 bridgehead atoms. The summed E-state index contributed by atoms with van der Waals surface area (Å²) in [5.74, 6) is 0.345. The lowest BCUT2D eigenvalue weighted by atomic mass is 9.96. The summed E-state index contributed by atoms with van der Waals surface area (Å²) >= 11 is 0. The van der Waals surface area contributed by atoms with Crippen LogP contribution in [0.15, 0.2) is 34.9 Å². The van der Waals surface area contributed by atoms with Crippen LogP contribution < -0.4 is 11.1 Å². The number of nitrogens with two attached hydrogens (primary N) is 1. The maximum atomic E-state index is 12.2. The van der Waals surface area contributed by atoms with E-state index in [9.17, 15) is 4.79 Å². The van der Waals surface area contributed by atoms with Crippen LogP contribution in [0.3, 0.4) is 0 Å². The molecule has 0 saturated carbocycles. The molecule has 1 unspecified atom stereocenters. The number of hydrogen-bond acceptors (Lipinski definition) is 4. The van der Waals surface area contributed by atoms with Crippen LogP contribution >= 0.6 is 0 Å². The van der Waals surface area contributed by atoms with Crippen molar-refractivity contribution in [2.45, 2.75) is 39.2 Å². The Bertz CT molecular complexity index is 632. The number of anilines is 1. The Morgan fingerprint density at radius 1 is 1.48 bits per heavy atom. The molecule has 0 spiro atoms. The van der Waals surface area contributed by atoms with E-state index in [0.717, 1.165) is 17.7 Å². The molecule has 1 aromatic carbocycles. The van der Waals surface area contributed by atoms with Gasteiger partial charge in [0, 0.05) is 11.3 Å². The summed E-state index contributed by atoms with van der Waals surface area (Å²) in [6.45, 7) is 5.61. The third-order valence-electron chi connectivity index (χ3n) is 3.27. The summed E-state index contributed by atoms with van der Waals surface area (Å²) in [5.41, 5.74) is 7.47. The van der Waals surface area contributed by atoms with E-state index in [0.29, 0.717) is 18.0 Å². The van der Waals surface area contributed by atoms with E-state index in [1.54, 1.807) is 13.2 Å². The van der Waals surface area contributed by atoms with E-state index >= 15 is 0 Å². The average molecular weight is 287 g/mol. The van der Waals surface area contributed by atoms with E-state index in [2.05, 4.69) is 10.3 Å². The highest BCUT2D eigenvalue weighted by molar-refractivity contribution is 5.97. The summed E-state index contributed by atoms with van der Waals surface area (Å²) in [6.07, 6.45) is 3.09. The highest BCUT2D eigenvalue weighted by atomic mass is 16.3. The van der Waals surface area contributed by atoms with Crippen LogP contribution in [-0.2, 0) is 4.79 Å². The first-order chi connectivity index (χ1) is 9.92. The number of rotatable bonds is 5. The van der Waals surface area contributed by atoms with E-state index in [1.807, 2.05) is 38.1 Å². The molecule has 1 heterocycles. The second-order valence-electron chi connectivity index (χ2n) is 5.50. The van der Waals surface area contributed by atoms with Gasteiger partial charge in [-0.3, -0.25) is 4.79 Å². The molecule has 21 heavy (non-hydrogen) atoms. The van der Waals surface area contributed by atoms with Crippen molar-refractivity contribution in [3.63, 3.8) is 0 Å². The summed E-state index contributed by atoms with van der Waals surface area (Å²) in [5, 5.41) is 2.85. The number of nitrogens with one attached hydrogen (secondary N) is 1. The zero-order chi connectivity index (χ0) is 15.5. The van der Waals surface area contributed by atoms with Crippen molar-refractivity contribution in [2.75, 3.05) is 5.32 Å². The molecule has 0 aliphatic heterocycles. The first-order valence-electron chi connectivity index (χ1n) is 7.05. The average Bonchev–Trinajstić information content (AvgIpc) is 2.86. The molecule has 0 fully saturated rings. The monoisotopic (exact) mass is 287 g/mol. The third-order valence-corrected chi connectivity index (χ3v) is 3.27. The summed E-state index contributed by atoms with van der Waals surface area (Å²) in [7, 11) is 0. The second-order valence-corrected chi connectivity index (χ2v) is 5.50. The largest absolute Gasteiger partial charge is 0.444 e. The predicted octanol–water partition coefficient (Wildman–Crippen LogP) is 3.11. The summed E-state index contributed by atoms with van der Waals surface area (Å²) < 4.78 is 5.37. The van der Waals surface area contributed by atoms with Gasteiger partial charge in [0.15, 0.2) is 0 Å². The lowest BCUT2D eigenvalue weighted by molar-refractivity contribution is -0.120. The molecular formula is C16H21N3O2. The third kappa shape index (κ3) is 3.70. The number of nitrogens with zero attached hydrogens (tertiary/aromatic N) is 1. The number of carbonyl (C=O) groups is 1. The van der Waals surface area contributed by atoms with Gasteiger partial charge in [-0.05, 0) is 38.5 Å². The van der Waals surface area contributed by atoms with Gasteiger partial charge in [-0.15, -0.1) is 0 Å². The Labute approximate surface area is 124 Å². The first-order valence-corrected chi connectivity index (χ1v) is 7.05. The number of amides is 1. The number of benzene rings is 1. The van der Waals surface area contributed by atoms with Crippen molar-refractivity contribution >= 4 is 11.6 Å². The number of aryl methyl sites for hydroxylation is 1. The van der Waals surface area contributed by atoms with Crippen molar-refractivity contribution in [3.05, 3.63) is 36.2 Å². The standard InChI is InChI=1S/C16H21N3O2/c1-4-8-16(3,17)15(20)19-13-7-5-6-12(9-13)14-18-11(2)10-21-14/h5-7,9-10H,4,8,17H2,1-3H3,(H,19,20). The van der Waals surface area contributed by atoms with Crippen LogP contribution in [0.5, 0.6) is 0 Å². The molecule has 0 saturated heterocycles. The Morgan fingerprint density at radius 3 is 2.86 bits per heavy atom. The number of oxazole rings is 1. The first kappa shape index (κ1) is 15.3. The van der Waals surface area contributed by atoms with Gasteiger partial charge in [0.2, 0.25) is 11.8 Å². The lowest BCUT2D eigenvalue weighted by Gasteiger charge is -2.22. The molecule has 0 aliphatic carbocycles. The molecule has 2 rings (SSSR count). The van der Waals surface area contributed by atoms with Gasteiger partial charge in [0.25, 0.3) is 0 Å². The minimum atomic E-state index is -0.871. The molecule has 0 radical (unpaired) electrons. The lowest BCUT2D eigenvalue weighted by Crippen LogP contribution is -2.48. The molecule has 5 nitrogen and oxygen atoms in total. The molecule has 5 heteroatoms. The fourth-order valence-corrected chi connectivity index (χ4v) is 2.12. The van der Waals surface area contributed by atoms with Gasteiger partial charge in [-0.2, -0.15) is 0 Å². The highest BCUT2D eigenvalue weighted by Gasteiger charge is 2.27. The van der Waals surface area contributed by atoms with Gasteiger partial charge in [-0.1, -0.05) is 19.4 Å². The van der Waals surface area contributed by atoms with Crippen LogP contribution in [0, 0.1) is 6.92 Å². The summed E-state index contributed by atoms with van der Waals surface area (Å²) in [4.78, 5) is 16.5. The van der Waals surface area contributed by atoms with Crippen LogP contribution in [0.25, 0.3) is 11.5 Å². The second kappa shape index (κ2) is 6.10. The molecule has 112 valence electrons. The summed E-state index contributed by atoms with van der Waals surface area (Å²) in [6, 6.07) is 7.37. The van der Waals surface area contributed by atoms with Crippen LogP contribution in [0.1, 0.15) is 32.4 Å². The Kier molecular flexibility index (Phi) is 4.43. The van der Waals surface area contributed by atoms with Gasteiger partial charge < -0.3 is 15.5 Å². The Balaban J connectivity index is 2.17. The van der Waals surface area contributed by atoms with Crippen molar-refractivity contribution < 1.29 is 9.21 Å². The number of carbonyl (C=O) groups excluding carboxylic acids is 1. The van der Waals surface area contributed by atoms with E-state index < -0.39 is 5.54 Å². The Hall–Kier alpha value is -2.14. The zero-order valence-corrected chi connectivity index (χ0v) is 12.6. The van der Waals surface area contributed by atoms with Crippen molar-refractivity contribution in [1.82, 2.24) is 4.98 Å². The SMILES string of the molecule is CCCC(C)(N)C(=O)Nc1cccc(-c2nc(C)co2)c1. The van der Waals surface area contributed by atoms with E-state index in [1.165, 1.54) is 0 Å². The van der Waals surface area contributed by atoms with Crippen molar-refractivity contribution in [2.24, 2.45) is 5.73 Å². The molecule has 1 aromatic heterocycles. The fraction of sp³-hybridized carbons (Fsp3) is 0.375. The minimum Gasteiger partial charge on any atom is -0.444 e. The maximum Gasteiger partial charge on any atom is 0.244 e. The molecule has 2 aromatic rings. The molecule has 0 aliphatic rings. The minimum absolute atomic E-state index is 0.190. The van der Waals surface area contributed by atoms with Crippen molar-refractivity contribution in [1.29, 1.82) is 0 Å². The van der Waals surface area contributed by atoms with Gasteiger partial charge in [0.05, 0.1) is 11.2 Å². The van der Waals surface area contributed by atoms with Gasteiger partial charge >= 0.3 is 0 Å².